The van der Waals surface area contributed by atoms with Gasteiger partial charge in [0.2, 0.25) is 0 Å². The molecule has 0 unspecified atom stereocenters. The van der Waals surface area contributed by atoms with Crippen LogP contribution in [0, 0.1) is 46.3 Å². The summed E-state index contributed by atoms with van der Waals surface area (Å²) >= 11 is 4.59. The monoisotopic (exact) mass is 424 g/mol. The third kappa shape index (κ3) is 3.14. The Kier molecular flexibility index (Phi) is 5.18. The Morgan fingerprint density at radius 3 is 1.50 bits per heavy atom. The van der Waals surface area contributed by atoms with E-state index in [4.69, 9.17) is 9.47 Å². The van der Waals surface area contributed by atoms with E-state index in [9.17, 15) is 0 Å². The molecule has 1 aliphatic heterocycles. The highest BCUT2D eigenvalue weighted by molar-refractivity contribution is 8.17. The van der Waals surface area contributed by atoms with Gasteiger partial charge in [-0.25, -0.2) is 0 Å². The van der Waals surface area contributed by atoms with Gasteiger partial charge in [-0.15, -0.1) is 23.5 Å². The van der Waals surface area contributed by atoms with E-state index >= 15 is 0 Å². The summed E-state index contributed by atoms with van der Waals surface area (Å²) in [5.41, 5.74) is 1.04. The Morgan fingerprint density at radius 2 is 1.11 bits per heavy atom. The quantitative estimate of drug-likeness (QED) is 0.454. The fraction of sp³-hybridized carbons (Fsp3) is 1.00. The molecule has 0 N–H and O–H groups in total. The third-order valence-electron chi connectivity index (χ3n) is 9.89. The van der Waals surface area contributed by atoms with E-state index in [1.165, 1.54) is 25.7 Å². The van der Waals surface area contributed by atoms with Crippen molar-refractivity contribution in [2.24, 2.45) is 46.3 Å². The lowest BCUT2D eigenvalue weighted by Crippen LogP contribution is -2.59. The lowest BCUT2D eigenvalue weighted by atomic mass is 9.45. The van der Waals surface area contributed by atoms with Crippen molar-refractivity contribution < 1.29 is 9.47 Å². The minimum Gasteiger partial charge on any atom is -0.353 e. The fourth-order valence-electron chi connectivity index (χ4n) is 7.62. The van der Waals surface area contributed by atoms with E-state index < -0.39 is 0 Å². The van der Waals surface area contributed by atoms with Gasteiger partial charge >= 0.3 is 0 Å². The predicted octanol–water partition coefficient (Wildman–Crippen LogP) is 6.29. The van der Waals surface area contributed by atoms with E-state index in [0.717, 1.165) is 47.4 Å². The molecular weight excluding hydrogens is 384 g/mol. The van der Waals surface area contributed by atoms with Crippen molar-refractivity contribution in [3.05, 3.63) is 0 Å². The smallest absolute Gasteiger partial charge is 0.154 e. The molecule has 0 spiro atoms. The summed E-state index contributed by atoms with van der Waals surface area (Å²) in [6.07, 6.45) is 5.59. The minimum absolute atomic E-state index is 0.0602. The van der Waals surface area contributed by atoms with Crippen LogP contribution >= 0.6 is 23.5 Å². The van der Waals surface area contributed by atoms with Gasteiger partial charge in [0.15, 0.2) is 6.29 Å². The van der Waals surface area contributed by atoms with Gasteiger partial charge < -0.3 is 9.47 Å². The summed E-state index contributed by atoms with van der Waals surface area (Å²) in [5.74, 6) is 4.95. The van der Waals surface area contributed by atoms with Gasteiger partial charge in [0.1, 0.15) is 0 Å². The normalized spacial score (nSPS) is 54.6. The second-order valence-corrected chi connectivity index (χ2v) is 15.1. The van der Waals surface area contributed by atoms with Crippen molar-refractivity contribution in [2.45, 2.75) is 88.6 Å². The van der Waals surface area contributed by atoms with Crippen LogP contribution in [0.4, 0.5) is 0 Å². The maximum Gasteiger partial charge on any atom is 0.154 e. The van der Waals surface area contributed by atoms with E-state index in [0.29, 0.717) is 27.2 Å². The first-order chi connectivity index (χ1) is 13.2. The number of hydrogen-bond donors (Lipinski definition) is 0. The van der Waals surface area contributed by atoms with Crippen molar-refractivity contribution in [1.29, 1.82) is 0 Å². The maximum absolute atomic E-state index is 6.35. The number of thioether (sulfide) groups is 2. The molecule has 0 radical (unpaired) electrons. The average Bonchev–Trinajstić information content (AvgIpc) is 2.64. The molecule has 4 heteroatoms. The molecule has 2 nitrogen and oxygen atoms in total. The van der Waals surface area contributed by atoms with E-state index in [1.807, 2.05) is 0 Å². The van der Waals surface area contributed by atoms with Crippen molar-refractivity contribution >= 4 is 23.5 Å². The molecule has 160 valence electrons. The van der Waals surface area contributed by atoms with Gasteiger partial charge in [-0.2, -0.15) is 0 Å². The van der Waals surface area contributed by atoms with Crippen LogP contribution in [0.25, 0.3) is 0 Å². The lowest BCUT2D eigenvalue weighted by molar-refractivity contribution is -0.192. The Morgan fingerprint density at radius 1 is 0.679 bits per heavy atom. The SMILES string of the molecule is CC1OC[C@@H]2[C@H](C[C@H]3C[C@@H]2C3(C)C)SC(C)S[C@H]2C[C@H]3C[C@@H]([C@@H]2CO1)C3(C)C. The summed E-state index contributed by atoms with van der Waals surface area (Å²) in [4.78, 5) is 0. The zero-order valence-corrected chi connectivity index (χ0v) is 20.3. The summed E-state index contributed by atoms with van der Waals surface area (Å²) in [7, 11) is 0. The van der Waals surface area contributed by atoms with Gasteiger partial charge in [0.05, 0.1) is 13.2 Å². The molecule has 1 heterocycles. The van der Waals surface area contributed by atoms with Crippen LogP contribution < -0.4 is 0 Å². The lowest BCUT2D eigenvalue weighted by Gasteiger charge is -2.63. The number of hydrogen-bond acceptors (Lipinski definition) is 4. The molecule has 4 bridgehead atoms. The number of rotatable bonds is 0. The van der Waals surface area contributed by atoms with Gasteiger partial charge in [-0.05, 0) is 85.9 Å². The van der Waals surface area contributed by atoms with Crippen molar-refractivity contribution in [3.8, 4) is 0 Å². The molecule has 0 aromatic rings. The van der Waals surface area contributed by atoms with E-state index in [1.54, 1.807) is 0 Å². The molecule has 0 aromatic carbocycles. The standard InChI is InChI=1S/C24H40O2S2/c1-13-25-11-17-19-7-15(23(19,3)4)9-21(17)27-14(2)28-22-10-16-8-20(24(16,5)6)18(22)12-26-13/h13-22H,7-12H2,1-6H3/t13?,14?,15-,16-,17+,18+,19+,20+,21+,22+/m1/s1. The second kappa shape index (κ2) is 7.07. The minimum atomic E-state index is -0.0602. The molecule has 7 fully saturated rings. The molecule has 6 saturated carbocycles. The van der Waals surface area contributed by atoms with Gasteiger partial charge in [-0.3, -0.25) is 0 Å². The van der Waals surface area contributed by atoms with Crippen LogP contribution in [0.15, 0.2) is 0 Å². The van der Waals surface area contributed by atoms with Crippen molar-refractivity contribution in [2.75, 3.05) is 13.2 Å². The van der Waals surface area contributed by atoms with Crippen LogP contribution in [0.5, 0.6) is 0 Å². The zero-order valence-electron chi connectivity index (χ0n) is 18.6. The molecule has 7 aliphatic rings. The third-order valence-corrected chi connectivity index (χ3v) is 13.1. The zero-order chi connectivity index (χ0) is 19.8. The summed E-state index contributed by atoms with van der Waals surface area (Å²) in [5, 5.41) is 1.55. The molecule has 7 rings (SSSR count). The molecular formula is C24H40O2S2. The van der Waals surface area contributed by atoms with E-state index in [2.05, 4.69) is 65.1 Å². The van der Waals surface area contributed by atoms with Gasteiger partial charge in [-0.1, -0.05) is 27.7 Å². The van der Waals surface area contributed by atoms with Crippen LogP contribution in [0.1, 0.15) is 67.2 Å². The molecule has 1 saturated heterocycles. The highest BCUT2D eigenvalue weighted by Crippen LogP contribution is 2.66. The molecule has 0 amide bonds. The highest BCUT2D eigenvalue weighted by atomic mass is 32.2. The van der Waals surface area contributed by atoms with Crippen LogP contribution in [0.3, 0.4) is 0 Å². The Bertz CT molecular complexity index is 555. The summed E-state index contributed by atoms with van der Waals surface area (Å²) < 4.78 is 13.4. The predicted molar refractivity (Wildman–Crippen MR) is 121 cm³/mol. The van der Waals surface area contributed by atoms with Crippen LogP contribution in [-0.4, -0.2) is 34.6 Å². The Labute approximate surface area is 181 Å². The summed E-state index contributed by atoms with van der Waals surface area (Å²) in [6.45, 7) is 16.4. The highest BCUT2D eigenvalue weighted by Gasteiger charge is 2.59. The Hall–Kier alpha value is 0.620. The first kappa shape index (κ1) is 20.5. The molecule has 28 heavy (non-hydrogen) atoms. The average molecular weight is 425 g/mol. The first-order valence-electron chi connectivity index (χ1n) is 11.7. The number of ether oxygens (including phenoxy) is 2. The second-order valence-electron chi connectivity index (χ2n) is 11.7. The molecule has 8 atom stereocenters. The van der Waals surface area contributed by atoms with Gasteiger partial charge in [0, 0.05) is 15.1 Å². The van der Waals surface area contributed by atoms with Crippen molar-refractivity contribution in [3.63, 3.8) is 0 Å². The summed E-state index contributed by atoms with van der Waals surface area (Å²) in [6, 6.07) is 0. The topological polar surface area (TPSA) is 18.5 Å². The van der Waals surface area contributed by atoms with Crippen molar-refractivity contribution in [1.82, 2.24) is 0 Å². The van der Waals surface area contributed by atoms with E-state index in [-0.39, 0.29) is 6.29 Å². The van der Waals surface area contributed by atoms with Crippen LogP contribution in [-0.2, 0) is 9.47 Å². The molecule has 0 aromatic heterocycles. The Balaban J connectivity index is 1.34. The first-order valence-corrected chi connectivity index (χ1v) is 13.6. The largest absolute Gasteiger partial charge is 0.353 e. The fourth-order valence-corrected chi connectivity index (χ4v) is 11.3. The molecule has 6 aliphatic carbocycles. The van der Waals surface area contributed by atoms with Gasteiger partial charge in [0.25, 0.3) is 0 Å². The van der Waals surface area contributed by atoms with Crippen LogP contribution in [0.2, 0.25) is 0 Å². The maximum atomic E-state index is 6.35.